The molecule has 0 spiro atoms. The molecule has 1 saturated heterocycles. The summed E-state index contributed by atoms with van der Waals surface area (Å²) in [5.41, 5.74) is 1.84. The maximum Gasteiger partial charge on any atom is 0.228 e. The predicted octanol–water partition coefficient (Wildman–Crippen LogP) is 2.62. The quantitative estimate of drug-likeness (QED) is 0.871. The summed E-state index contributed by atoms with van der Waals surface area (Å²) in [6.07, 6.45) is 0.908. The summed E-state index contributed by atoms with van der Waals surface area (Å²) in [6, 6.07) is 5.52. The molecule has 0 aromatic heterocycles. The van der Waals surface area contributed by atoms with E-state index in [0.29, 0.717) is 5.02 Å². The molecule has 1 aromatic carbocycles. The SMILES string of the molecule is Cc1ccc(Cl)cc1NC(=O)C1CCNC1.Cl. The van der Waals surface area contributed by atoms with Gasteiger partial charge >= 0.3 is 0 Å². The van der Waals surface area contributed by atoms with E-state index in [4.69, 9.17) is 11.6 Å². The molecule has 1 aliphatic rings. The Balaban J connectivity index is 0.00000144. The number of benzene rings is 1. The topological polar surface area (TPSA) is 41.1 Å². The van der Waals surface area contributed by atoms with Crippen LogP contribution in [0.4, 0.5) is 5.69 Å². The number of hydrogen-bond donors (Lipinski definition) is 2. The van der Waals surface area contributed by atoms with E-state index in [1.165, 1.54) is 0 Å². The zero-order chi connectivity index (χ0) is 11.5. The van der Waals surface area contributed by atoms with Gasteiger partial charge in [0.1, 0.15) is 0 Å². The molecule has 1 aliphatic heterocycles. The number of carbonyl (C=O) groups is 1. The van der Waals surface area contributed by atoms with Crippen LogP contribution in [0.5, 0.6) is 0 Å². The highest BCUT2D eigenvalue weighted by atomic mass is 35.5. The molecule has 1 heterocycles. The second-order valence-corrected chi connectivity index (χ2v) is 4.57. The van der Waals surface area contributed by atoms with Crippen molar-refractivity contribution in [2.75, 3.05) is 18.4 Å². The Hall–Kier alpha value is -0.770. The lowest BCUT2D eigenvalue weighted by Gasteiger charge is -2.12. The van der Waals surface area contributed by atoms with E-state index in [1.807, 2.05) is 19.1 Å². The standard InChI is InChI=1S/C12H15ClN2O.ClH/c1-8-2-3-10(13)6-11(8)15-12(16)9-4-5-14-7-9;/h2-3,6,9,14H,4-5,7H2,1H3,(H,15,16);1H. The van der Waals surface area contributed by atoms with Crippen molar-refractivity contribution >= 4 is 35.6 Å². The molecular weight excluding hydrogens is 259 g/mol. The average molecular weight is 275 g/mol. The minimum atomic E-state index is 0. The Bertz CT molecular complexity index is 403. The third-order valence-corrected chi connectivity index (χ3v) is 3.12. The first-order valence-corrected chi connectivity index (χ1v) is 5.82. The molecule has 1 fully saturated rings. The molecule has 3 nitrogen and oxygen atoms in total. The Labute approximate surface area is 112 Å². The van der Waals surface area contributed by atoms with E-state index in [9.17, 15) is 4.79 Å². The summed E-state index contributed by atoms with van der Waals surface area (Å²) in [7, 11) is 0. The molecule has 0 bridgehead atoms. The van der Waals surface area contributed by atoms with E-state index in [-0.39, 0.29) is 24.2 Å². The highest BCUT2D eigenvalue weighted by Crippen LogP contribution is 2.21. The van der Waals surface area contributed by atoms with Crippen molar-refractivity contribution < 1.29 is 4.79 Å². The molecule has 0 aliphatic carbocycles. The van der Waals surface area contributed by atoms with Crippen molar-refractivity contribution in [3.8, 4) is 0 Å². The second-order valence-electron chi connectivity index (χ2n) is 4.14. The minimum absolute atomic E-state index is 0. The Morgan fingerprint density at radius 3 is 2.94 bits per heavy atom. The largest absolute Gasteiger partial charge is 0.326 e. The van der Waals surface area contributed by atoms with Crippen LogP contribution in [0.2, 0.25) is 5.02 Å². The van der Waals surface area contributed by atoms with Gasteiger partial charge in [0.25, 0.3) is 0 Å². The number of amides is 1. The average Bonchev–Trinajstić information content (AvgIpc) is 2.76. The molecule has 94 valence electrons. The second kappa shape index (κ2) is 6.24. The maximum absolute atomic E-state index is 11.9. The molecular formula is C12H16Cl2N2O. The first-order chi connectivity index (χ1) is 7.66. The monoisotopic (exact) mass is 274 g/mol. The third-order valence-electron chi connectivity index (χ3n) is 2.89. The molecule has 0 radical (unpaired) electrons. The molecule has 1 aromatic rings. The van der Waals surface area contributed by atoms with Gasteiger partial charge in [0.05, 0.1) is 5.92 Å². The van der Waals surface area contributed by atoms with Crippen molar-refractivity contribution in [2.24, 2.45) is 5.92 Å². The number of hydrogen-bond acceptors (Lipinski definition) is 2. The smallest absolute Gasteiger partial charge is 0.228 e. The van der Waals surface area contributed by atoms with Crippen LogP contribution in [0.15, 0.2) is 18.2 Å². The van der Waals surface area contributed by atoms with Crippen LogP contribution in [0.1, 0.15) is 12.0 Å². The Morgan fingerprint density at radius 2 is 2.29 bits per heavy atom. The van der Waals surface area contributed by atoms with E-state index >= 15 is 0 Å². The van der Waals surface area contributed by atoms with Crippen LogP contribution >= 0.6 is 24.0 Å². The van der Waals surface area contributed by atoms with E-state index in [1.54, 1.807) is 6.07 Å². The van der Waals surface area contributed by atoms with E-state index in [2.05, 4.69) is 10.6 Å². The van der Waals surface area contributed by atoms with Crippen LogP contribution in [-0.4, -0.2) is 19.0 Å². The molecule has 1 unspecified atom stereocenters. The normalized spacial score (nSPS) is 18.6. The van der Waals surface area contributed by atoms with Crippen molar-refractivity contribution in [1.29, 1.82) is 0 Å². The maximum atomic E-state index is 11.9. The van der Waals surface area contributed by atoms with Crippen LogP contribution in [0.25, 0.3) is 0 Å². The zero-order valence-corrected chi connectivity index (χ0v) is 11.2. The van der Waals surface area contributed by atoms with Crippen molar-refractivity contribution in [3.63, 3.8) is 0 Å². The molecule has 1 atom stereocenters. The van der Waals surface area contributed by atoms with Gasteiger partial charge in [-0.15, -0.1) is 12.4 Å². The van der Waals surface area contributed by atoms with Crippen molar-refractivity contribution in [1.82, 2.24) is 5.32 Å². The van der Waals surface area contributed by atoms with Crippen LogP contribution in [0.3, 0.4) is 0 Å². The van der Waals surface area contributed by atoms with Crippen molar-refractivity contribution in [2.45, 2.75) is 13.3 Å². The van der Waals surface area contributed by atoms with Gasteiger partial charge in [-0.05, 0) is 37.6 Å². The number of anilines is 1. The number of nitrogens with one attached hydrogen (secondary N) is 2. The Kier molecular flexibility index (Phi) is 5.25. The minimum Gasteiger partial charge on any atom is -0.326 e. The van der Waals surface area contributed by atoms with Gasteiger partial charge < -0.3 is 10.6 Å². The van der Waals surface area contributed by atoms with E-state index < -0.39 is 0 Å². The molecule has 5 heteroatoms. The summed E-state index contributed by atoms with van der Waals surface area (Å²) in [4.78, 5) is 11.9. The molecule has 0 saturated carbocycles. The predicted molar refractivity (Wildman–Crippen MR) is 73.0 cm³/mol. The lowest BCUT2D eigenvalue weighted by Crippen LogP contribution is -2.24. The first kappa shape index (κ1) is 14.3. The van der Waals surface area contributed by atoms with Gasteiger partial charge in [-0.25, -0.2) is 0 Å². The number of rotatable bonds is 2. The van der Waals surface area contributed by atoms with Gasteiger partial charge in [-0.3, -0.25) is 4.79 Å². The highest BCUT2D eigenvalue weighted by molar-refractivity contribution is 6.31. The summed E-state index contributed by atoms with van der Waals surface area (Å²) in [5, 5.41) is 6.75. The zero-order valence-electron chi connectivity index (χ0n) is 9.63. The molecule has 2 N–H and O–H groups in total. The summed E-state index contributed by atoms with van der Waals surface area (Å²) < 4.78 is 0. The summed E-state index contributed by atoms with van der Waals surface area (Å²) in [5.74, 6) is 0.161. The van der Waals surface area contributed by atoms with Gasteiger partial charge in [0, 0.05) is 17.3 Å². The van der Waals surface area contributed by atoms with Crippen LogP contribution in [-0.2, 0) is 4.79 Å². The fraction of sp³-hybridized carbons (Fsp3) is 0.417. The third kappa shape index (κ3) is 3.60. The van der Waals surface area contributed by atoms with Gasteiger partial charge in [0.2, 0.25) is 5.91 Å². The summed E-state index contributed by atoms with van der Waals surface area (Å²) >= 11 is 5.90. The van der Waals surface area contributed by atoms with Gasteiger partial charge in [-0.1, -0.05) is 17.7 Å². The number of aryl methyl sites for hydroxylation is 1. The number of halogens is 2. The fourth-order valence-electron chi connectivity index (χ4n) is 1.84. The summed E-state index contributed by atoms with van der Waals surface area (Å²) in [6.45, 7) is 3.65. The van der Waals surface area contributed by atoms with Gasteiger partial charge in [0.15, 0.2) is 0 Å². The lowest BCUT2D eigenvalue weighted by atomic mass is 10.1. The van der Waals surface area contributed by atoms with E-state index in [0.717, 1.165) is 30.8 Å². The highest BCUT2D eigenvalue weighted by Gasteiger charge is 2.22. The lowest BCUT2D eigenvalue weighted by molar-refractivity contribution is -0.119. The Morgan fingerprint density at radius 1 is 1.53 bits per heavy atom. The van der Waals surface area contributed by atoms with Crippen molar-refractivity contribution in [3.05, 3.63) is 28.8 Å². The van der Waals surface area contributed by atoms with Gasteiger partial charge in [-0.2, -0.15) is 0 Å². The molecule has 1 amide bonds. The molecule has 2 rings (SSSR count). The fourth-order valence-corrected chi connectivity index (χ4v) is 2.01. The number of carbonyl (C=O) groups excluding carboxylic acids is 1. The van der Waals surface area contributed by atoms with Crippen LogP contribution < -0.4 is 10.6 Å². The first-order valence-electron chi connectivity index (χ1n) is 5.44. The molecule has 17 heavy (non-hydrogen) atoms. The van der Waals surface area contributed by atoms with Crippen LogP contribution in [0, 0.1) is 12.8 Å².